The van der Waals surface area contributed by atoms with Gasteiger partial charge in [-0.2, -0.15) is 0 Å². The Kier molecular flexibility index (Phi) is 4.90. The zero-order valence-electron chi connectivity index (χ0n) is 10.2. The molecule has 0 N–H and O–H groups in total. The normalized spacial score (nSPS) is 12.8. The van der Waals surface area contributed by atoms with Crippen LogP contribution in [0.15, 0.2) is 41.3 Å². The number of likely N-dealkylation sites (N-methyl/N-ethyl adjacent to an activating group) is 1. The standard InChI is InChI=1S/C13H19NOS/c1-11(2)9-14(3)10-12-5-7-13(8-6-12)16(4)15/h5-8H,1,9-10H2,2-4H3/t16-/m1/s1. The molecule has 2 nitrogen and oxygen atoms in total. The highest BCUT2D eigenvalue weighted by molar-refractivity contribution is 7.84. The first-order valence-electron chi connectivity index (χ1n) is 5.24. The van der Waals surface area contributed by atoms with Crippen molar-refractivity contribution < 1.29 is 4.21 Å². The Bertz CT molecular complexity index is 383. The number of hydrogen-bond acceptors (Lipinski definition) is 2. The van der Waals surface area contributed by atoms with Gasteiger partial charge in [0.15, 0.2) is 0 Å². The summed E-state index contributed by atoms with van der Waals surface area (Å²) in [7, 11) is 1.18. The number of rotatable bonds is 5. The quantitative estimate of drug-likeness (QED) is 0.733. The molecule has 0 unspecified atom stereocenters. The van der Waals surface area contributed by atoms with E-state index in [-0.39, 0.29) is 0 Å². The van der Waals surface area contributed by atoms with Gasteiger partial charge in [0.2, 0.25) is 0 Å². The van der Waals surface area contributed by atoms with E-state index in [1.807, 2.05) is 31.2 Å². The first-order valence-corrected chi connectivity index (χ1v) is 6.80. The lowest BCUT2D eigenvalue weighted by atomic mass is 10.2. The molecule has 3 heteroatoms. The van der Waals surface area contributed by atoms with Gasteiger partial charge in [-0.3, -0.25) is 9.11 Å². The minimum absolute atomic E-state index is 0.881. The molecule has 0 aliphatic rings. The number of nitrogens with zero attached hydrogens (tertiary/aromatic N) is 1. The smallest absolute Gasteiger partial charge is 0.0498 e. The molecule has 1 aromatic carbocycles. The minimum atomic E-state index is -0.887. The highest BCUT2D eigenvalue weighted by atomic mass is 32.2. The second-order valence-corrected chi connectivity index (χ2v) is 5.61. The summed E-state index contributed by atoms with van der Waals surface area (Å²) in [5, 5.41) is 0. The molecule has 0 aromatic heterocycles. The van der Waals surface area contributed by atoms with E-state index in [9.17, 15) is 4.21 Å². The first kappa shape index (κ1) is 13.1. The van der Waals surface area contributed by atoms with Crippen molar-refractivity contribution in [2.75, 3.05) is 19.8 Å². The predicted molar refractivity (Wildman–Crippen MR) is 69.9 cm³/mol. The summed E-state index contributed by atoms with van der Waals surface area (Å²) in [5.74, 6) is 0. The number of benzene rings is 1. The summed E-state index contributed by atoms with van der Waals surface area (Å²) in [6.45, 7) is 7.72. The molecule has 1 atom stereocenters. The Morgan fingerprint density at radius 1 is 1.38 bits per heavy atom. The summed E-state index contributed by atoms with van der Waals surface area (Å²) in [6, 6.07) is 7.93. The summed E-state index contributed by atoms with van der Waals surface area (Å²) < 4.78 is 11.2. The predicted octanol–water partition coefficient (Wildman–Crippen LogP) is 2.43. The van der Waals surface area contributed by atoms with Crippen molar-refractivity contribution in [2.45, 2.75) is 18.4 Å². The van der Waals surface area contributed by atoms with Crippen molar-refractivity contribution >= 4 is 10.8 Å². The zero-order chi connectivity index (χ0) is 12.1. The fraction of sp³-hybridized carbons (Fsp3) is 0.385. The molecule has 0 aliphatic carbocycles. The second kappa shape index (κ2) is 5.97. The Morgan fingerprint density at radius 3 is 2.38 bits per heavy atom. The number of hydrogen-bond donors (Lipinski definition) is 0. The lowest BCUT2D eigenvalue weighted by molar-refractivity contribution is 0.355. The van der Waals surface area contributed by atoms with Crippen molar-refractivity contribution in [3.8, 4) is 0 Å². The maximum atomic E-state index is 11.2. The van der Waals surface area contributed by atoms with E-state index in [0.29, 0.717) is 0 Å². The van der Waals surface area contributed by atoms with Gasteiger partial charge in [0, 0.05) is 35.0 Å². The van der Waals surface area contributed by atoms with E-state index < -0.39 is 10.8 Å². The first-order chi connectivity index (χ1) is 7.49. The highest BCUT2D eigenvalue weighted by Gasteiger charge is 2.01. The van der Waals surface area contributed by atoms with Gasteiger partial charge in [-0.15, -0.1) is 0 Å². The molecular weight excluding hydrogens is 218 g/mol. The second-order valence-electron chi connectivity index (χ2n) is 4.23. The monoisotopic (exact) mass is 237 g/mol. The lowest BCUT2D eigenvalue weighted by Crippen LogP contribution is -2.19. The molecule has 16 heavy (non-hydrogen) atoms. The van der Waals surface area contributed by atoms with Crippen LogP contribution in [0.3, 0.4) is 0 Å². The molecule has 0 spiro atoms. The van der Waals surface area contributed by atoms with E-state index in [4.69, 9.17) is 0 Å². The SMILES string of the molecule is C=C(C)CN(C)Cc1ccc([S@@](C)=O)cc1. The highest BCUT2D eigenvalue weighted by Crippen LogP contribution is 2.09. The molecular formula is C13H19NOS. The molecule has 0 amide bonds. The summed E-state index contributed by atoms with van der Waals surface area (Å²) in [4.78, 5) is 3.09. The summed E-state index contributed by atoms with van der Waals surface area (Å²) >= 11 is 0. The van der Waals surface area contributed by atoms with E-state index in [0.717, 1.165) is 23.6 Å². The molecule has 1 rings (SSSR count). The zero-order valence-corrected chi connectivity index (χ0v) is 11.0. The third kappa shape index (κ3) is 4.29. The Labute approximate surface area is 100 Å². The fourth-order valence-electron chi connectivity index (χ4n) is 1.61. The van der Waals surface area contributed by atoms with Crippen molar-refractivity contribution in [3.63, 3.8) is 0 Å². The molecule has 0 aliphatic heterocycles. The molecule has 0 heterocycles. The maximum Gasteiger partial charge on any atom is 0.0498 e. The van der Waals surface area contributed by atoms with Crippen LogP contribution in [0.2, 0.25) is 0 Å². The van der Waals surface area contributed by atoms with Crippen LogP contribution in [-0.4, -0.2) is 29.0 Å². The lowest BCUT2D eigenvalue weighted by Gasteiger charge is -2.16. The van der Waals surface area contributed by atoms with Gasteiger partial charge in [-0.1, -0.05) is 24.3 Å². The van der Waals surface area contributed by atoms with E-state index >= 15 is 0 Å². The van der Waals surface area contributed by atoms with Gasteiger partial charge in [0.05, 0.1) is 0 Å². The van der Waals surface area contributed by atoms with Crippen molar-refractivity contribution in [1.82, 2.24) is 4.90 Å². The molecule has 1 aromatic rings. The van der Waals surface area contributed by atoms with Crippen LogP contribution in [0, 0.1) is 0 Å². The minimum Gasteiger partial charge on any atom is -0.298 e. The van der Waals surface area contributed by atoms with Crippen LogP contribution < -0.4 is 0 Å². The Hall–Kier alpha value is -0.930. The average molecular weight is 237 g/mol. The van der Waals surface area contributed by atoms with Crippen molar-refractivity contribution in [1.29, 1.82) is 0 Å². The van der Waals surface area contributed by atoms with Crippen LogP contribution in [0.25, 0.3) is 0 Å². The third-order valence-electron chi connectivity index (χ3n) is 2.25. The van der Waals surface area contributed by atoms with E-state index in [2.05, 4.69) is 18.5 Å². The van der Waals surface area contributed by atoms with Crippen molar-refractivity contribution in [3.05, 3.63) is 42.0 Å². The van der Waals surface area contributed by atoms with Crippen LogP contribution in [-0.2, 0) is 17.3 Å². The summed E-state index contributed by atoms with van der Waals surface area (Å²) in [5.41, 5.74) is 2.40. The van der Waals surface area contributed by atoms with E-state index in [1.54, 1.807) is 6.26 Å². The van der Waals surface area contributed by atoms with Gasteiger partial charge in [0.25, 0.3) is 0 Å². The Balaban J connectivity index is 2.61. The Morgan fingerprint density at radius 2 is 1.94 bits per heavy atom. The third-order valence-corrected chi connectivity index (χ3v) is 3.18. The van der Waals surface area contributed by atoms with Crippen LogP contribution in [0.1, 0.15) is 12.5 Å². The summed E-state index contributed by atoms with van der Waals surface area (Å²) in [6.07, 6.45) is 1.70. The van der Waals surface area contributed by atoms with Gasteiger partial charge < -0.3 is 0 Å². The van der Waals surface area contributed by atoms with Crippen LogP contribution >= 0.6 is 0 Å². The van der Waals surface area contributed by atoms with E-state index in [1.165, 1.54) is 5.56 Å². The van der Waals surface area contributed by atoms with Gasteiger partial charge in [-0.25, -0.2) is 0 Å². The van der Waals surface area contributed by atoms with Crippen LogP contribution in [0.4, 0.5) is 0 Å². The molecule has 0 fully saturated rings. The largest absolute Gasteiger partial charge is 0.298 e. The molecule has 88 valence electrons. The average Bonchev–Trinajstić information content (AvgIpc) is 2.16. The van der Waals surface area contributed by atoms with Crippen LogP contribution in [0.5, 0.6) is 0 Å². The fourth-order valence-corrected chi connectivity index (χ4v) is 2.13. The van der Waals surface area contributed by atoms with Gasteiger partial charge in [-0.05, 0) is 31.7 Å². The van der Waals surface area contributed by atoms with Gasteiger partial charge in [0.1, 0.15) is 0 Å². The van der Waals surface area contributed by atoms with Gasteiger partial charge >= 0.3 is 0 Å². The molecule has 0 radical (unpaired) electrons. The topological polar surface area (TPSA) is 20.3 Å². The molecule has 0 saturated carbocycles. The molecule has 0 bridgehead atoms. The maximum absolute atomic E-state index is 11.2. The van der Waals surface area contributed by atoms with Crippen molar-refractivity contribution in [2.24, 2.45) is 0 Å². The molecule has 0 saturated heterocycles.